The number of hydrogen-bond acceptors (Lipinski definition) is 4. The van der Waals surface area contributed by atoms with Crippen molar-refractivity contribution in [3.63, 3.8) is 0 Å². The van der Waals surface area contributed by atoms with Gasteiger partial charge in [-0.1, -0.05) is 48.5 Å². The van der Waals surface area contributed by atoms with E-state index >= 15 is 0 Å². The summed E-state index contributed by atoms with van der Waals surface area (Å²) in [5, 5.41) is 2.73. The molecule has 0 fully saturated rings. The molecular weight excluding hydrogens is 388 g/mol. The van der Waals surface area contributed by atoms with Gasteiger partial charge in [0, 0.05) is 12.2 Å². The highest BCUT2D eigenvalue weighted by Gasteiger charge is 2.27. The Hall–Kier alpha value is -3.16. The number of rotatable bonds is 8. The molecule has 0 radical (unpaired) electrons. The molecule has 0 bridgehead atoms. The molecule has 6 nitrogen and oxygen atoms in total. The Bertz CT molecular complexity index is 1040. The van der Waals surface area contributed by atoms with E-state index in [-0.39, 0.29) is 18.0 Å². The number of nitrogens with zero attached hydrogens (tertiary/aromatic N) is 1. The van der Waals surface area contributed by atoms with Crippen molar-refractivity contribution in [2.75, 3.05) is 19.0 Å². The van der Waals surface area contributed by atoms with E-state index in [9.17, 15) is 13.2 Å². The number of ether oxygens (including phenoxy) is 1. The number of carbonyl (C=O) groups is 1. The molecule has 7 heteroatoms. The van der Waals surface area contributed by atoms with Crippen LogP contribution in [-0.2, 0) is 21.4 Å². The highest BCUT2D eigenvalue weighted by molar-refractivity contribution is 7.89. The normalized spacial score (nSPS) is 11.2. The molecule has 0 aliphatic rings. The fourth-order valence-corrected chi connectivity index (χ4v) is 4.18. The lowest BCUT2D eigenvalue weighted by Gasteiger charge is -2.22. The number of methoxy groups -OCH3 is 1. The van der Waals surface area contributed by atoms with E-state index in [2.05, 4.69) is 5.32 Å². The molecule has 0 aliphatic heterocycles. The third kappa shape index (κ3) is 5.43. The fourth-order valence-electron chi connectivity index (χ4n) is 2.79. The van der Waals surface area contributed by atoms with Gasteiger partial charge >= 0.3 is 0 Å². The first-order valence-electron chi connectivity index (χ1n) is 9.02. The van der Waals surface area contributed by atoms with Crippen LogP contribution in [-0.4, -0.2) is 32.3 Å². The van der Waals surface area contributed by atoms with Crippen LogP contribution in [0.1, 0.15) is 5.56 Å². The van der Waals surface area contributed by atoms with E-state index in [4.69, 9.17) is 4.74 Å². The maximum atomic E-state index is 13.2. The maximum absolute atomic E-state index is 13.2. The van der Waals surface area contributed by atoms with Crippen LogP contribution in [0.4, 0.5) is 5.69 Å². The zero-order valence-corrected chi connectivity index (χ0v) is 16.8. The van der Waals surface area contributed by atoms with Crippen molar-refractivity contribution in [1.82, 2.24) is 4.31 Å². The first-order valence-corrected chi connectivity index (χ1v) is 10.5. The minimum Gasteiger partial charge on any atom is -0.497 e. The minimum atomic E-state index is -3.89. The Morgan fingerprint density at radius 1 is 0.897 bits per heavy atom. The van der Waals surface area contributed by atoms with Crippen molar-refractivity contribution in [3.05, 3.63) is 90.5 Å². The van der Waals surface area contributed by atoms with Crippen LogP contribution in [0.5, 0.6) is 5.75 Å². The molecule has 0 aromatic heterocycles. The zero-order valence-electron chi connectivity index (χ0n) is 16.0. The van der Waals surface area contributed by atoms with Gasteiger partial charge in [0.2, 0.25) is 15.9 Å². The van der Waals surface area contributed by atoms with Crippen molar-refractivity contribution in [2.24, 2.45) is 0 Å². The molecule has 0 aliphatic carbocycles. The Kier molecular flexibility index (Phi) is 6.64. The molecule has 29 heavy (non-hydrogen) atoms. The number of carbonyl (C=O) groups excluding carboxylic acids is 1. The summed E-state index contributed by atoms with van der Waals surface area (Å²) in [5.41, 5.74) is 1.40. The van der Waals surface area contributed by atoms with Crippen LogP contribution in [0.25, 0.3) is 0 Å². The third-order valence-electron chi connectivity index (χ3n) is 4.28. The molecular formula is C22H22N2O4S. The molecule has 150 valence electrons. The van der Waals surface area contributed by atoms with Gasteiger partial charge < -0.3 is 10.1 Å². The van der Waals surface area contributed by atoms with E-state index in [1.165, 1.54) is 23.5 Å². The number of benzene rings is 3. The summed E-state index contributed by atoms with van der Waals surface area (Å²) in [6.07, 6.45) is 0. The predicted molar refractivity (Wildman–Crippen MR) is 112 cm³/mol. The summed E-state index contributed by atoms with van der Waals surface area (Å²) in [7, 11) is -2.38. The molecule has 0 saturated carbocycles. The second-order valence-electron chi connectivity index (χ2n) is 6.35. The number of amides is 1. The molecule has 3 aromatic carbocycles. The van der Waals surface area contributed by atoms with Crippen LogP contribution in [0, 0.1) is 0 Å². The lowest BCUT2D eigenvalue weighted by atomic mass is 10.2. The van der Waals surface area contributed by atoms with Crippen LogP contribution in [0.2, 0.25) is 0 Å². The first kappa shape index (κ1) is 20.6. The third-order valence-corrected chi connectivity index (χ3v) is 6.08. The molecule has 0 unspecified atom stereocenters. The summed E-state index contributed by atoms with van der Waals surface area (Å²) >= 11 is 0. The summed E-state index contributed by atoms with van der Waals surface area (Å²) in [5.74, 6) is 0.143. The van der Waals surface area contributed by atoms with Gasteiger partial charge in [0.25, 0.3) is 0 Å². The van der Waals surface area contributed by atoms with Crippen molar-refractivity contribution < 1.29 is 17.9 Å². The second-order valence-corrected chi connectivity index (χ2v) is 8.29. The van der Waals surface area contributed by atoms with Gasteiger partial charge in [0.05, 0.1) is 18.6 Å². The number of sulfonamides is 1. The van der Waals surface area contributed by atoms with E-state index in [1.807, 2.05) is 36.4 Å². The summed E-state index contributed by atoms with van der Waals surface area (Å²) in [6.45, 7) is -0.227. The van der Waals surface area contributed by atoms with Gasteiger partial charge in [-0.25, -0.2) is 8.42 Å². The van der Waals surface area contributed by atoms with Crippen LogP contribution in [0.3, 0.4) is 0 Å². The molecule has 0 atom stereocenters. The predicted octanol–water partition coefficient (Wildman–Crippen LogP) is 3.52. The first-order chi connectivity index (χ1) is 14.0. The van der Waals surface area contributed by atoms with Crippen LogP contribution in [0.15, 0.2) is 89.8 Å². The largest absolute Gasteiger partial charge is 0.497 e. The SMILES string of the molecule is COc1ccc(S(=O)(=O)N(CC(=O)Nc2ccccc2)Cc2ccccc2)cc1. The highest BCUT2D eigenvalue weighted by atomic mass is 32.2. The molecule has 3 rings (SSSR count). The van der Waals surface area contributed by atoms with Crippen molar-refractivity contribution in [3.8, 4) is 5.75 Å². The van der Waals surface area contributed by atoms with Crippen molar-refractivity contribution in [1.29, 1.82) is 0 Å². The van der Waals surface area contributed by atoms with Crippen LogP contribution >= 0.6 is 0 Å². The number of anilines is 1. The summed E-state index contributed by atoms with van der Waals surface area (Å²) < 4.78 is 32.7. The molecule has 1 N–H and O–H groups in total. The van der Waals surface area contributed by atoms with E-state index in [0.29, 0.717) is 11.4 Å². The van der Waals surface area contributed by atoms with E-state index in [0.717, 1.165) is 5.56 Å². The average Bonchev–Trinajstić information content (AvgIpc) is 2.74. The smallest absolute Gasteiger partial charge is 0.243 e. The van der Waals surface area contributed by atoms with Gasteiger partial charge in [-0.05, 0) is 42.0 Å². The monoisotopic (exact) mass is 410 g/mol. The highest BCUT2D eigenvalue weighted by Crippen LogP contribution is 2.21. The molecule has 0 heterocycles. The molecule has 3 aromatic rings. The maximum Gasteiger partial charge on any atom is 0.243 e. The molecule has 1 amide bonds. The number of hydrogen-bond donors (Lipinski definition) is 1. The zero-order chi connectivity index (χ0) is 20.7. The van der Waals surface area contributed by atoms with Gasteiger partial charge in [-0.15, -0.1) is 0 Å². The Balaban J connectivity index is 1.86. The van der Waals surface area contributed by atoms with E-state index < -0.39 is 15.9 Å². The standard InChI is InChI=1S/C22H22N2O4S/c1-28-20-12-14-21(15-13-20)29(26,27)24(16-18-8-4-2-5-9-18)17-22(25)23-19-10-6-3-7-11-19/h2-15H,16-17H2,1H3,(H,23,25). The Labute approximate surface area is 170 Å². The molecule has 0 spiro atoms. The van der Waals surface area contributed by atoms with Crippen molar-refractivity contribution >= 4 is 21.6 Å². The Morgan fingerprint density at radius 3 is 2.07 bits per heavy atom. The van der Waals surface area contributed by atoms with Crippen LogP contribution < -0.4 is 10.1 Å². The van der Waals surface area contributed by atoms with Gasteiger partial charge in [-0.2, -0.15) is 4.31 Å². The lowest BCUT2D eigenvalue weighted by molar-refractivity contribution is -0.116. The number of para-hydroxylation sites is 1. The van der Waals surface area contributed by atoms with Gasteiger partial charge in [0.15, 0.2) is 0 Å². The lowest BCUT2D eigenvalue weighted by Crippen LogP contribution is -2.37. The quantitative estimate of drug-likeness (QED) is 0.616. The number of nitrogens with one attached hydrogen (secondary N) is 1. The minimum absolute atomic E-state index is 0.0808. The summed E-state index contributed by atoms with van der Waals surface area (Å²) in [6, 6.07) is 24.2. The second kappa shape index (κ2) is 9.36. The molecule has 0 saturated heterocycles. The average molecular weight is 410 g/mol. The van der Waals surface area contributed by atoms with Gasteiger partial charge in [0.1, 0.15) is 5.75 Å². The van der Waals surface area contributed by atoms with Crippen molar-refractivity contribution in [2.45, 2.75) is 11.4 Å². The topological polar surface area (TPSA) is 75.7 Å². The van der Waals surface area contributed by atoms with E-state index in [1.54, 1.807) is 36.4 Å². The summed E-state index contributed by atoms with van der Waals surface area (Å²) in [4.78, 5) is 12.7. The Morgan fingerprint density at radius 2 is 1.48 bits per heavy atom. The van der Waals surface area contributed by atoms with Gasteiger partial charge in [-0.3, -0.25) is 4.79 Å². The fraction of sp³-hybridized carbons (Fsp3) is 0.136.